The molecular weight excluding hydrogens is 274 g/mol. The Balaban J connectivity index is 2.12. The van der Waals surface area contributed by atoms with Gasteiger partial charge in [-0.1, -0.05) is 19.8 Å². The van der Waals surface area contributed by atoms with Gasteiger partial charge in [0, 0.05) is 11.3 Å². The summed E-state index contributed by atoms with van der Waals surface area (Å²) in [5.74, 6) is -0.993. The van der Waals surface area contributed by atoms with Crippen molar-refractivity contribution >= 4 is 28.2 Å². The minimum atomic E-state index is -0.923. The highest BCUT2D eigenvalue weighted by molar-refractivity contribution is 7.17. The number of hydrogen-bond donors (Lipinski definition) is 2. The maximum atomic E-state index is 11.9. The number of carboxylic acids is 1. The number of aromatic carboxylic acids is 1. The van der Waals surface area contributed by atoms with Gasteiger partial charge in [0.2, 0.25) is 5.91 Å². The quantitative estimate of drug-likeness (QED) is 0.783. The first kappa shape index (κ1) is 15.0. The van der Waals surface area contributed by atoms with Crippen LogP contribution < -0.4 is 5.32 Å². The van der Waals surface area contributed by atoms with Crippen LogP contribution in [0.25, 0.3) is 0 Å². The molecule has 1 heterocycles. The minimum absolute atomic E-state index is 0.0699. The number of nitrogens with one attached hydrogen (secondary N) is 1. The van der Waals surface area contributed by atoms with Gasteiger partial charge in [0.15, 0.2) is 0 Å². The van der Waals surface area contributed by atoms with Crippen molar-refractivity contribution in [2.24, 2.45) is 0 Å². The zero-order chi connectivity index (χ0) is 14.5. The Kier molecular flexibility index (Phi) is 5.17. The Labute approximate surface area is 123 Å². The van der Waals surface area contributed by atoms with Gasteiger partial charge in [-0.15, -0.1) is 11.3 Å². The van der Waals surface area contributed by atoms with Gasteiger partial charge in [0.1, 0.15) is 5.00 Å². The van der Waals surface area contributed by atoms with E-state index in [1.165, 1.54) is 11.3 Å². The molecule has 0 aromatic carbocycles. The van der Waals surface area contributed by atoms with Crippen LogP contribution in [0.5, 0.6) is 0 Å². The molecule has 1 aromatic rings. The van der Waals surface area contributed by atoms with E-state index in [1.54, 1.807) is 0 Å². The van der Waals surface area contributed by atoms with E-state index in [2.05, 4.69) is 12.2 Å². The average Bonchev–Trinajstić information content (AvgIpc) is 2.76. The molecule has 0 unspecified atom stereocenters. The maximum Gasteiger partial charge on any atom is 0.339 e. The number of amides is 1. The number of rotatable bonds is 6. The second-order valence-electron chi connectivity index (χ2n) is 5.23. The first-order valence-corrected chi connectivity index (χ1v) is 8.12. The molecule has 0 spiro atoms. The Morgan fingerprint density at radius 2 is 2.00 bits per heavy atom. The molecule has 110 valence electrons. The molecule has 0 bridgehead atoms. The van der Waals surface area contributed by atoms with Gasteiger partial charge in [0.25, 0.3) is 0 Å². The lowest BCUT2D eigenvalue weighted by atomic mass is 9.95. The summed E-state index contributed by atoms with van der Waals surface area (Å²) in [6.45, 7) is 2.09. The van der Waals surface area contributed by atoms with E-state index in [0.29, 0.717) is 17.0 Å². The minimum Gasteiger partial charge on any atom is -0.478 e. The maximum absolute atomic E-state index is 11.9. The van der Waals surface area contributed by atoms with Crippen LogP contribution in [0, 0.1) is 0 Å². The fraction of sp³-hybridized carbons (Fsp3) is 0.600. The Morgan fingerprint density at radius 3 is 2.70 bits per heavy atom. The molecule has 1 aliphatic rings. The van der Waals surface area contributed by atoms with Crippen molar-refractivity contribution in [2.75, 3.05) is 5.32 Å². The second kappa shape index (κ2) is 6.88. The number of thiophene rings is 1. The summed E-state index contributed by atoms with van der Waals surface area (Å²) in [5, 5.41) is 12.7. The highest BCUT2D eigenvalue weighted by Crippen LogP contribution is 2.38. The van der Waals surface area contributed by atoms with Crippen LogP contribution in [0.3, 0.4) is 0 Å². The predicted octanol–water partition coefficient (Wildman–Crippen LogP) is 3.84. The summed E-state index contributed by atoms with van der Waals surface area (Å²) in [6, 6.07) is 0. The third kappa shape index (κ3) is 3.39. The van der Waals surface area contributed by atoms with Crippen molar-refractivity contribution in [3.63, 3.8) is 0 Å². The van der Waals surface area contributed by atoms with Crippen molar-refractivity contribution in [2.45, 2.75) is 58.3 Å². The zero-order valence-electron chi connectivity index (χ0n) is 11.8. The topological polar surface area (TPSA) is 66.4 Å². The summed E-state index contributed by atoms with van der Waals surface area (Å²) in [5.41, 5.74) is 1.27. The number of carbonyl (C=O) groups is 2. The van der Waals surface area contributed by atoms with Crippen molar-refractivity contribution < 1.29 is 14.7 Å². The van der Waals surface area contributed by atoms with Gasteiger partial charge < -0.3 is 10.4 Å². The molecule has 0 fully saturated rings. The lowest BCUT2D eigenvalue weighted by Gasteiger charge is -2.10. The summed E-state index contributed by atoms with van der Waals surface area (Å²) < 4.78 is 0. The molecule has 0 saturated carbocycles. The Hall–Kier alpha value is -1.36. The van der Waals surface area contributed by atoms with Gasteiger partial charge in [-0.25, -0.2) is 4.79 Å². The van der Waals surface area contributed by atoms with Crippen molar-refractivity contribution in [3.8, 4) is 0 Å². The van der Waals surface area contributed by atoms with Crippen LogP contribution in [0.1, 0.15) is 66.2 Å². The van der Waals surface area contributed by atoms with Crippen LogP contribution in [0.2, 0.25) is 0 Å². The molecule has 0 saturated heterocycles. The highest BCUT2D eigenvalue weighted by Gasteiger charge is 2.25. The van der Waals surface area contributed by atoms with Gasteiger partial charge in [-0.05, 0) is 37.7 Å². The summed E-state index contributed by atoms with van der Waals surface area (Å²) >= 11 is 1.45. The van der Waals surface area contributed by atoms with Crippen molar-refractivity contribution in [1.29, 1.82) is 0 Å². The number of fused-ring (bicyclic) bond motifs is 1. The van der Waals surface area contributed by atoms with E-state index >= 15 is 0 Å². The van der Waals surface area contributed by atoms with Crippen LogP contribution in [0.15, 0.2) is 0 Å². The first-order chi connectivity index (χ1) is 9.63. The standard InChI is InChI=1S/C15H21NO3S/c1-2-3-4-9-12(17)16-14-13(15(18)19)10-7-5-6-8-11(10)20-14/h2-9H2,1H3,(H,16,17)(H,18,19). The summed E-state index contributed by atoms with van der Waals surface area (Å²) in [4.78, 5) is 24.5. The SMILES string of the molecule is CCCCCC(=O)Nc1sc2c(c1C(=O)O)CCCC2. The van der Waals surface area contributed by atoms with E-state index in [9.17, 15) is 14.7 Å². The molecule has 2 rings (SSSR count). The molecular formula is C15H21NO3S. The zero-order valence-corrected chi connectivity index (χ0v) is 12.6. The number of unbranched alkanes of at least 4 members (excludes halogenated alkanes) is 2. The highest BCUT2D eigenvalue weighted by atomic mass is 32.1. The van der Waals surface area contributed by atoms with E-state index < -0.39 is 5.97 Å². The Morgan fingerprint density at radius 1 is 1.25 bits per heavy atom. The van der Waals surface area contributed by atoms with Gasteiger partial charge in [0.05, 0.1) is 5.56 Å². The van der Waals surface area contributed by atoms with Gasteiger partial charge >= 0.3 is 5.97 Å². The largest absolute Gasteiger partial charge is 0.478 e. The number of anilines is 1. The van der Waals surface area contributed by atoms with E-state index in [1.807, 2.05) is 0 Å². The number of hydrogen-bond acceptors (Lipinski definition) is 3. The molecule has 5 heteroatoms. The van der Waals surface area contributed by atoms with E-state index in [0.717, 1.165) is 55.4 Å². The molecule has 2 N–H and O–H groups in total. The third-order valence-corrected chi connectivity index (χ3v) is 4.85. The lowest BCUT2D eigenvalue weighted by Crippen LogP contribution is -2.13. The van der Waals surface area contributed by atoms with E-state index in [-0.39, 0.29) is 5.91 Å². The van der Waals surface area contributed by atoms with Crippen LogP contribution in [-0.4, -0.2) is 17.0 Å². The molecule has 1 aromatic heterocycles. The average molecular weight is 295 g/mol. The fourth-order valence-electron chi connectivity index (χ4n) is 2.60. The molecule has 4 nitrogen and oxygen atoms in total. The van der Waals surface area contributed by atoms with Crippen LogP contribution >= 0.6 is 11.3 Å². The first-order valence-electron chi connectivity index (χ1n) is 7.31. The normalized spacial score (nSPS) is 13.8. The molecule has 0 atom stereocenters. The third-order valence-electron chi connectivity index (χ3n) is 3.65. The number of carboxylic acid groups (broad SMARTS) is 1. The molecule has 1 amide bonds. The summed E-state index contributed by atoms with van der Waals surface area (Å²) in [7, 11) is 0. The Bertz CT molecular complexity index is 507. The smallest absolute Gasteiger partial charge is 0.339 e. The van der Waals surface area contributed by atoms with Crippen molar-refractivity contribution in [1.82, 2.24) is 0 Å². The molecule has 1 aliphatic carbocycles. The van der Waals surface area contributed by atoms with E-state index in [4.69, 9.17) is 0 Å². The summed E-state index contributed by atoms with van der Waals surface area (Å²) in [6.07, 6.45) is 7.32. The molecule has 0 radical (unpaired) electrons. The van der Waals surface area contributed by atoms with Crippen LogP contribution in [-0.2, 0) is 17.6 Å². The molecule has 20 heavy (non-hydrogen) atoms. The second-order valence-corrected chi connectivity index (χ2v) is 6.33. The lowest BCUT2D eigenvalue weighted by molar-refractivity contribution is -0.116. The van der Waals surface area contributed by atoms with Gasteiger partial charge in [-0.3, -0.25) is 4.79 Å². The molecule has 0 aliphatic heterocycles. The predicted molar refractivity (Wildman–Crippen MR) is 80.7 cm³/mol. The van der Waals surface area contributed by atoms with Gasteiger partial charge in [-0.2, -0.15) is 0 Å². The number of carbonyl (C=O) groups excluding carboxylic acids is 1. The monoisotopic (exact) mass is 295 g/mol. The van der Waals surface area contributed by atoms with Crippen LogP contribution in [0.4, 0.5) is 5.00 Å². The number of aryl methyl sites for hydroxylation is 1. The fourth-order valence-corrected chi connectivity index (χ4v) is 3.90. The van der Waals surface area contributed by atoms with Crippen molar-refractivity contribution in [3.05, 3.63) is 16.0 Å².